The van der Waals surface area contributed by atoms with E-state index in [1.165, 1.54) is 7.11 Å². The van der Waals surface area contributed by atoms with Crippen LogP contribution in [0.15, 0.2) is 52.9 Å². The van der Waals surface area contributed by atoms with Crippen LogP contribution in [-0.2, 0) is 16.0 Å². The molecule has 0 amide bonds. The van der Waals surface area contributed by atoms with Crippen LogP contribution in [0.5, 0.6) is 0 Å². The maximum absolute atomic E-state index is 11.7. The maximum atomic E-state index is 11.7. The van der Waals surface area contributed by atoms with Gasteiger partial charge in [0, 0.05) is 17.5 Å². The van der Waals surface area contributed by atoms with Crippen molar-refractivity contribution in [3.05, 3.63) is 64.5 Å². The van der Waals surface area contributed by atoms with Crippen LogP contribution in [0, 0.1) is 5.41 Å². The molecule has 0 aliphatic heterocycles. The lowest BCUT2D eigenvalue weighted by Gasteiger charge is -2.20. The SMILES string of the molecule is COC(=O)CC(C)(C)Cc1nc(-c2ccc(Cl)c(Cl)c2)c(-c2ccccc2)o1. The summed E-state index contributed by atoms with van der Waals surface area (Å²) < 4.78 is 10.9. The molecule has 0 saturated heterocycles. The molecule has 6 heteroatoms. The van der Waals surface area contributed by atoms with Gasteiger partial charge >= 0.3 is 5.97 Å². The Morgan fingerprint density at radius 2 is 1.79 bits per heavy atom. The molecule has 0 atom stereocenters. The number of hydrogen-bond donors (Lipinski definition) is 0. The Hall–Kier alpha value is -2.30. The molecule has 28 heavy (non-hydrogen) atoms. The third-order valence-electron chi connectivity index (χ3n) is 4.38. The summed E-state index contributed by atoms with van der Waals surface area (Å²) in [6, 6.07) is 15.1. The molecule has 146 valence electrons. The zero-order chi connectivity index (χ0) is 20.3. The van der Waals surface area contributed by atoms with Crippen LogP contribution < -0.4 is 0 Å². The first-order chi connectivity index (χ1) is 13.3. The van der Waals surface area contributed by atoms with Crippen LogP contribution in [0.25, 0.3) is 22.6 Å². The molecule has 1 heterocycles. The molecule has 0 spiro atoms. The summed E-state index contributed by atoms with van der Waals surface area (Å²) in [5.41, 5.74) is 2.05. The molecule has 0 aliphatic carbocycles. The highest BCUT2D eigenvalue weighted by molar-refractivity contribution is 6.42. The minimum atomic E-state index is -0.360. The molecule has 0 aliphatic rings. The van der Waals surface area contributed by atoms with E-state index in [0.29, 0.717) is 33.8 Å². The highest BCUT2D eigenvalue weighted by atomic mass is 35.5. The van der Waals surface area contributed by atoms with E-state index >= 15 is 0 Å². The molecule has 0 unspecified atom stereocenters. The van der Waals surface area contributed by atoms with Crippen LogP contribution in [0.3, 0.4) is 0 Å². The molecule has 2 aromatic carbocycles. The fourth-order valence-electron chi connectivity index (χ4n) is 3.00. The predicted molar refractivity (Wildman–Crippen MR) is 112 cm³/mol. The molecule has 1 aromatic heterocycles. The number of benzene rings is 2. The molecule has 0 bridgehead atoms. The summed E-state index contributed by atoms with van der Waals surface area (Å²) in [6.07, 6.45) is 0.762. The second-order valence-electron chi connectivity index (χ2n) is 7.37. The van der Waals surface area contributed by atoms with Crippen molar-refractivity contribution < 1.29 is 13.9 Å². The minimum absolute atomic E-state index is 0.260. The summed E-state index contributed by atoms with van der Waals surface area (Å²) in [5, 5.41) is 0.934. The number of hydrogen-bond acceptors (Lipinski definition) is 4. The lowest BCUT2D eigenvalue weighted by Crippen LogP contribution is -2.20. The van der Waals surface area contributed by atoms with E-state index in [4.69, 9.17) is 37.3 Å². The quantitative estimate of drug-likeness (QED) is 0.432. The van der Waals surface area contributed by atoms with Crippen LogP contribution in [0.2, 0.25) is 10.0 Å². The fourth-order valence-corrected chi connectivity index (χ4v) is 3.30. The molecule has 0 saturated carbocycles. The van der Waals surface area contributed by atoms with Crippen molar-refractivity contribution in [1.29, 1.82) is 0 Å². The summed E-state index contributed by atoms with van der Waals surface area (Å²) in [7, 11) is 1.39. The van der Waals surface area contributed by atoms with Gasteiger partial charge in [0.1, 0.15) is 5.69 Å². The predicted octanol–water partition coefficient (Wildman–Crippen LogP) is 6.45. The minimum Gasteiger partial charge on any atom is -0.469 e. The van der Waals surface area contributed by atoms with E-state index in [9.17, 15) is 4.79 Å². The third-order valence-corrected chi connectivity index (χ3v) is 5.12. The summed E-state index contributed by atoms with van der Waals surface area (Å²) >= 11 is 12.3. The topological polar surface area (TPSA) is 52.3 Å². The number of nitrogens with zero attached hydrogens (tertiary/aromatic N) is 1. The van der Waals surface area contributed by atoms with Gasteiger partial charge in [-0.1, -0.05) is 73.4 Å². The van der Waals surface area contributed by atoms with Crippen molar-refractivity contribution in [2.75, 3.05) is 7.11 Å². The lowest BCUT2D eigenvalue weighted by molar-refractivity contribution is -0.142. The van der Waals surface area contributed by atoms with Gasteiger partial charge in [0.25, 0.3) is 0 Å². The summed E-state index contributed by atoms with van der Waals surface area (Å²) in [4.78, 5) is 16.4. The number of carbonyl (C=O) groups excluding carboxylic acids is 1. The van der Waals surface area contributed by atoms with Crippen molar-refractivity contribution in [2.24, 2.45) is 5.41 Å². The largest absolute Gasteiger partial charge is 0.469 e. The number of carbonyl (C=O) groups is 1. The number of methoxy groups -OCH3 is 1. The Morgan fingerprint density at radius 3 is 2.43 bits per heavy atom. The number of aromatic nitrogens is 1. The van der Waals surface area contributed by atoms with Crippen molar-refractivity contribution >= 4 is 29.2 Å². The Morgan fingerprint density at radius 1 is 1.07 bits per heavy atom. The Bertz CT molecular complexity index is 981. The van der Waals surface area contributed by atoms with E-state index in [-0.39, 0.29) is 17.8 Å². The highest BCUT2D eigenvalue weighted by Gasteiger charge is 2.27. The number of ether oxygens (including phenoxy) is 1. The molecule has 0 N–H and O–H groups in total. The molecule has 3 aromatic rings. The van der Waals surface area contributed by atoms with Crippen molar-refractivity contribution in [1.82, 2.24) is 4.98 Å². The molecule has 4 nitrogen and oxygen atoms in total. The standard InChI is InChI=1S/C22H21Cl2NO3/c1-22(2,13-19(26)27-3)12-18-25-20(15-9-10-16(23)17(24)11-15)21(28-18)14-7-5-4-6-8-14/h4-11H,12-13H2,1-3H3. The van der Waals surface area contributed by atoms with Gasteiger partial charge < -0.3 is 9.15 Å². The third kappa shape index (κ3) is 4.75. The first-order valence-electron chi connectivity index (χ1n) is 8.86. The first-order valence-corrected chi connectivity index (χ1v) is 9.62. The second-order valence-corrected chi connectivity index (χ2v) is 8.19. The normalized spacial score (nSPS) is 11.5. The number of rotatable bonds is 6. The van der Waals surface area contributed by atoms with Gasteiger partial charge in [-0.25, -0.2) is 4.98 Å². The van der Waals surface area contributed by atoms with Gasteiger partial charge in [0.15, 0.2) is 11.7 Å². The van der Waals surface area contributed by atoms with E-state index in [2.05, 4.69) is 0 Å². The zero-order valence-corrected chi connectivity index (χ0v) is 17.5. The van der Waals surface area contributed by atoms with Gasteiger partial charge in [-0.05, 0) is 17.5 Å². The van der Waals surface area contributed by atoms with E-state index in [0.717, 1.165) is 11.1 Å². The zero-order valence-electron chi connectivity index (χ0n) is 16.0. The maximum Gasteiger partial charge on any atom is 0.306 e. The smallest absolute Gasteiger partial charge is 0.306 e. The lowest BCUT2D eigenvalue weighted by atomic mass is 9.86. The van der Waals surface area contributed by atoms with Gasteiger partial charge in [-0.15, -0.1) is 0 Å². The second kappa shape index (κ2) is 8.38. The molecular weight excluding hydrogens is 397 g/mol. The van der Waals surface area contributed by atoms with E-state index < -0.39 is 0 Å². The molecule has 0 radical (unpaired) electrons. The average molecular weight is 418 g/mol. The monoisotopic (exact) mass is 417 g/mol. The number of esters is 1. The van der Waals surface area contributed by atoms with E-state index in [1.54, 1.807) is 12.1 Å². The first kappa shape index (κ1) is 20.4. The summed E-state index contributed by atoms with van der Waals surface area (Å²) in [5.74, 6) is 0.946. The van der Waals surface area contributed by atoms with Crippen LogP contribution >= 0.6 is 23.2 Å². The van der Waals surface area contributed by atoms with E-state index in [1.807, 2.05) is 50.2 Å². The van der Waals surface area contributed by atoms with Gasteiger partial charge in [-0.3, -0.25) is 4.79 Å². The van der Waals surface area contributed by atoms with Crippen LogP contribution in [-0.4, -0.2) is 18.1 Å². The molecular formula is C22H21Cl2NO3. The van der Waals surface area contributed by atoms with Crippen LogP contribution in [0.1, 0.15) is 26.2 Å². The van der Waals surface area contributed by atoms with Crippen molar-refractivity contribution in [2.45, 2.75) is 26.7 Å². The Labute approximate surface area is 174 Å². The highest BCUT2D eigenvalue weighted by Crippen LogP contribution is 2.37. The number of oxazole rings is 1. The summed E-state index contributed by atoms with van der Waals surface area (Å²) in [6.45, 7) is 3.96. The molecule has 3 rings (SSSR count). The van der Waals surface area contributed by atoms with Gasteiger partial charge in [0.05, 0.1) is 23.6 Å². The number of halogens is 2. The van der Waals surface area contributed by atoms with Gasteiger partial charge in [0.2, 0.25) is 0 Å². The van der Waals surface area contributed by atoms with Crippen molar-refractivity contribution in [3.8, 4) is 22.6 Å². The Balaban J connectivity index is 2.03. The van der Waals surface area contributed by atoms with Gasteiger partial charge in [-0.2, -0.15) is 0 Å². The Kier molecular flexibility index (Phi) is 6.11. The molecule has 0 fully saturated rings. The van der Waals surface area contributed by atoms with Crippen LogP contribution in [0.4, 0.5) is 0 Å². The fraction of sp³-hybridized carbons (Fsp3) is 0.273. The average Bonchev–Trinajstić information content (AvgIpc) is 3.07. The van der Waals surface area contributed by atoms with Crippen molar-refractivity contribution in [3.63, 3.8) is 0 Å².